The molecule has 0 aliphatic carbocycles. The van der Waals surface area contributed by atoms with Gasteiger partial charge in [-0.3, -0.25) is 0 Å². The van der Waals surface area contributed by atoms with E-state index in [2.05, 4.69) is 13.8 Å². The van der Waals surface area contributed by atoms with Gasteiger partial charge in [-0.25, -0.2) is 4.79 Å². The quantitative estimate of drug-likeness (QED) is 0.872. The Bertz CT molecular complexity index is 360. The zero-order chi connectivity index (χ0) is 12.8. The van der Waals surface area contributed by atoms with Crippen molar-refractivity contribution in [1.29, 1.82) is 0 Å². The number of amides is 1. The van der Waals surface area contributed by atoms with Crippen molar-refractivity contribution in [1.82, 2.24) is 4.90 Å². The summed E-state index contributed by atoms with van der Waals surface area (Å²) in [6, 6.07) is 7.56. The van der Waals surface area contributed by atoms with Gasteiger partial charge in [0.25, 0.3) is 0 Å². The molecule has 94 valence electrons. The predicted molar refractivity (Wildman–Crippen MR) is 68.2 cm³/mol. The Hall–Kier alpha value is -1.55. The Balaban J connectivity index is 2.60. The minimum Gasteiger partial charge on any atom is -0.410 e. The molecule has 0 spiro atoms. The maximum Gasteiger partial charge on any atom is 0.415 e. The summed E-state index contributed by atoms with van der Waals surface area (Å²) in [6.07, 6.45) is -0.382. The molecule has 0 unspecified atom stereocenters. The lowest BCUT2D eigenvalue weighted by Gasteiger charge is -2.15. The van der Waals surface area contributed by atoms with E-state index in [1.54, 1.807) is 7.05 Å². The number of rotatable bonds is 4. The first kappa shape index (κ1) is 13.5. The van der Waals surface area contributed by atoms with Crippen LogP contribution in [-0.4, -0.2) is 31.1 Å². The second kappa shape index (κ2) is 6.25. The van der Waals surface area contributed by atoms with Crippen LogP contribution in [0.15, 0.2) is 24.3 Å². The van der Waals surface area contributed by atoms with Gasteiger partial charge >= 0.3 is 6.09 Å². The van der Waals surface area contributed by atoms with Crippen molar-refractivity contribution in [3.8, 4) is 5.75 Å². The van der Waals surface area contributed by atoms with Gasteiger partial charge < -0.3 is 15.4 Å². The Kier molecular flexibility index (Phi) is 4.97. The second-order valence-corrected chi connectivity index (χ2v) is 4.30. The molecular formula is C13H20N2O2. The lowest BCUT2D eigenvalue weighted by molar-refractivity contribution is 0.164. The van der Waals surface area contributed by atoms with E-state index < -0.39 is 0 Å². The highest BCUT2D eigenvalue weighted by Crippen LogP contribution is 2.18. The van der Waals surface area contributed by atoms with Crippen LogP contribution in [0.1, 0.15) is 25.3 Å². The summed E-state index contributed by atoms with van der Waals surface area (Å²) in [4.78, 5) is 13.0. The predicted octanol–water partition coefficient (Wildman–Crippen LogP) is 2.20. The Morgan fingerprint density at radius 2 is 1.94 bits per heavy atom. The number of likely N-dealkylation sites (N-methyl/N-ethyl adjacent to an activating group) is 1. The average Bonchev–Trinajstić information content (AvgIpc) is 2.30. The molecule has 4 nitrogen and oxygen atoms in total. The van der Waals surface area contributed by atoms with Crippen LogP contribution in [0.5, 0.6) is 5.75 Å². The fourth-order valence-corrected chi connectivity index (χ4v) is 1.38. The molecule has 0 aliphatic heterocycles. The van der Waals surface area contributed by atoms with E-state index in [0.717, 1.165) is 0 Å². The Labute approximate surface area is 102 Å². The largest absolute Gasteiger partial charge is 0.415 e. The van der Waals surface area contributed by atoms with Crippen LogP contribution in [0.3, 0.4) is 0 Å². The molecule has 17 heavy (non-hydrogen) atoms. The molecule has 1 rings (SSSR count). The molecule has 2 N–H and O–H groups in total. The highest BCUT2D eigenvalue weighted by Gasteiger charge is 2.10. The van der Waals surface area contributed by atoms with E-state index in [0.29, 0.717) is 24.8 Å². The summed E-state index contributed by atoms with van der Waals surface area (Å²) in [6.45, 7) is 5.16. The van der Waals surface area contributed by atoms with E-state index in [1.807, 2.05) is 24.3 Å². The molecule has 1 amide bonds. The van der Waals surface area contributed by atoms with Gasteiger partial charge in [0, 0.05) is 20.1 Å². The van der Waals surface area contributed by atoms with Gasteiger partial charge in [-0.2, -0.15) is 0 Å². The first-order chi connectivity index (χ1) is 8.04. The van der Waals surface area contributed by atoms with Crippen molar-refractivity contribution < 1.29 is 9.53 Å². The molecule has 4 heteroatoms. The lowest BCUT2D eigenvalue weighted by Crippen LogP contribution is -2.33. The molecule has 1 aromatic carbocycles. The van der Waals surface area contributed by atoms with Crippen LogP contribution in [0.4, 0.5) is 4.79 Å². The molecule has 1 aromatic rings. The minimum atomic E-state index is -0.382. The maximum atomic E-state index is 11.6. The van der Waals surface area contributed by atoms with Crippen molar-refractivity contribution in [2.24, 2.45) is 5.73 Å². The number of hydrogen-bond acceptors (Lipinski definition) is 3. The number of nitrogens with zero attached hydrogens (tertiary/aromatic N) is 1. The van der Waals surface area contributed by atoms with Crippen LogP contribution in [0.25, 0.3) is 0 Å². The third-order valence-electron chi connectivity index (χ3n) is 2.53. The monoisotopic (exact) mass is 236 g/mol. The van der Waals surface area contributed by atoms with Crippen molar-refractivity contribution in [3.05, 3.63) is 29.8 Å². The van der Waals surface area contributed by atoms with Crippen LogP contribution >= 0.6 is 0 Å². The van der Waals surface area contributed by atoms with Gasteiger partial charge in [0.15, 0.2) is 0 Å². The molecule has 0 heterocycles. The van der Waals surface area contributed by atoms with E-state index in [4.69, 9.17) is 10.5 Å². The molecule has 0 aliphatic rings. The minimum absolute atomic E-state index is 0.382. The fourth-order valence-electron chi connectivity index (χ4n) is 1.38. The van der Waals surface area contributed by atoms with Crippen LogP contribution in [-0.2, 0) is 0 Å². The van der Waals surface area contributed by atoms with Crippen LogP contribution in [0, 0.1) is 0 Å². The van der Waals surface area contributed by atoms with Gasteiger partial charge in [-0.15, -0.1) is 0 Å². The first-order valence-corrected chi connectivity index (χ1v) is 5.77. The first-order valence-electron chi connectivity index (χ1n) is 5.77. The van der Waals surface area contributed by atoms with Crippen LogP contribution < -0.4 is 10.5 Å². The molecule has 0 saturated carbocycles. The number of benzene rings is 1. The van der Waals surface area contributed by atoms with Crippen molar-refractivity contribution >= 4 is 6.09 Å². The Morgan fingerprint density at radius 1 is 1.35 bits per heavy atom. The van der Waals surface area contributed by atoms with Gasteiger partial charge in [-0.1, -0.05) is 26.0 Å². The summed E-state index contributed by atoms with van der Waals surface area (Å²) in [7, 11) is 1.66. The van der Waals surface area contributed by atoms with E-state index in [1.165, 1.54) is 10.5 Å². The van der Waals surface area contributed by atoms with E-state index in [9.17, 15) is 4.79 Å². The summed E-state index contributed by atoms with van der Waals surface area (Å²) in [5.74, 6) is 1.03. The molecule has 0 saturated heterocycles. The van der Waals surface area contributed by atoms with E-state index >= 15 is 0 Å². The van der Waals surface area contributed by atoms with Gasteiger partial charge in [-0.05, 0) is 23.6 Å². The number of hydrogen-bond donors (Lipinski definition) is 1. The molecular weight excluding hydrogens is 216 g/mol. The van der Waals surface area contributed by atoms with Crippen LogP contribution in [0.2, 0.25) is 0 Å². The zero-order valence-corrected chi connectivity index (χ0v) is 10.6. The average molecular weight is 236 g/mol. The van der Waals surface area contributed by atoms with Crippen molar-refractivity contribution in [2.45, 2.75) is 19.8 Å². The number of ether oxygens (including phenoxy) is 1. The molecule has 0 bridgehead atoms. The SMILES string of the molecule is CC(C)c1ccc(OC(=O)N(C)CCN)cc1. The summed E-state index contributed by atoms with van der Waals surface area (Å²) in [5.41, 5.74) is 6.59. The topological polar surface area (TPSA) is 55.6 Å². The highest BCUT2D eigenvalue weighted by molar-refractivity contribution is 5.70. The molecule has 0 radical (unpaired) electrons. The summed E-state index contributed by atoms with van der Waals surface area (Å²) < 4.78 is 5.19. The second-order valence-electron chi connectivity index (χ2n) is 4.30. The van der Waals surface area contributed by atoms with Crippen molar-refractivity contribution in [3.63, 3.8) is 0 Å². The summed E-state index contributed by atoms with van der Waals surface area (Å²) >= 11 is 0. The number of carbonyl (C=O) groups excluding carboxylic acids is 1. The molecule has 0 aromatic heterocycles. The maximum absolute atomic E-state index is 11.6. The van der Waals surface area contributed by atoms with Gasteiger partial charge in [0.2, 0.25) is 0 Å². The molecule has 0 fully saturated rings. The van der Waals surface area contributed by atoms with E-state index in [-0.39, 0.29) is 6.09 Å². The third kappa shape index (κ3) is 4.07. The van der Waals surface area contributed by atoms with Gasteiger partial charge in [0.1, 0.15) is 5.75 Å². The number of nitrogens with two attached hydrogens (primary N) is 1. The number of carbonyl (C=O) groups is 1. The van der Waals surface area contributed by atoms with Crippen molar-refractivity contribution in [2.75, 3.05) is 20.1 Å². The normalized spacial score (nSPS) is 10.4. The third-order valence-corrected chi connectivity index (χ3v) is 2.53. The highest BCUT2D eigenvalue weighted by atomic mass is 16.6. The lowest BCUT2D eigenvalue weighted by atomic mass is 10.0. The summed E-state index contributed by atoms with van der Waals surface area (Å²) in [5, 5.41) is 0. The standard InChI is InChI=1S/C13H20N2O2/c1-10(2)11-4-6-12(7-5-11)17-13(16)15(3)9-8-14/h4-7,10H,8-9,14H2,1-3H3. The smallest absolute Gasteiger partial charge is 0.410 e. The zero-order valence-electron chi connectivity index (χ0n) is 10.6. The Morgan fingerprint density at radius 3 is 2.41 bits per heavy atom. The fraction of sp³-hybridized carbons (Fsp3) is 0.462. The van der Waals surface area contributed by atoms with Gasteiger partial charge in [0.05, 0.1) is 0 Å². The molecule has 0 atom stereocenters.